The molecule has 33 heavy (non-hydrogen) atoms. The normalized spacial score (nSPS) is 11.4. The number of nitrogens with one attached hydrogen (secondary N) is 1. The van der Waals surface area contributed by atoms with E-state index in [2.05, 4.69) is 5.32 Å². The highest BCUT2D eigenvalue weighted by molar-refractivity contribution is 7.92. The van der Waals surface area contributed by atoms with Crippen LogP contribution < -0.4 is 9.62 Å². The highest BCUT2D eigenvalue weighted by Gasteiger charge is 2.21. The van der Waals surface area contributed by atoms with Crippen LogP contribution in [0.15, 0.2) is 84.9 Å². The number of amides is 1. The molecule has 0 saturated carbocycles. The minimum Gasteiger partial charge on any atom is -0.322 e. The van der Waals surface area contributed by atoms with Crippen molar-refractivity contribution in [2.24, 2.45) is 0 Å². The van der Waals surface area contributed by atoms with Crippen LogP contribution in [-0.2, 0) is 16.6 Å². The van der Waals surface area contributed by atoms with E-state index in [0.717, 1.165) is 33.2 Å². The number of aryl methyl sites for hydroxylation is 2. The molecule has 4 rings (SSSR count). The molecule has 4 aromatic rings. The molecular formula is C27H26N2O3S. The second-order valence-electron chi connectivity index (χ2n) is 8.22. The number of rotatable bonds is 6. The van der Waals surface area contributed by atoms with Gasteiger partial charge in [0, 0.05) is 11.3 Å². The standard InChI is InChI=1S/C27H26N2O3S/c1-19-7-6-8-20(2)26(19)29(33(3,31)32)18-21-11-13-23(14-12-21)27(30)28-25-16-15-22-9-4-5-10-24(22)17-25/h4-17H,18H2,1-3H3,(H,28,30). The van der Waals surface area contributed by atoms with E-state index < -0.39 is 10.0 Å². The average Bonchev–Trinajstić information content (AvgIpc) is 2.78. The van der Waals surface area contributed by atoms with Crippen molar-refractivity contribution in [1.29, 1.82) is 0 Å². The number of benzene rings is 4. The Hall–Kier alpha value is -3.64. The molecule has 0 saturated heterocycles. The lowest BCUT2D eigenvalue weighted by Gasteiger charge is -2.26. The predicted molar refractivity (Wildman–Crippen MR) is 135 cm³/mol. The summed E-state index contributed by atoms with van der Waals surface area (Å²) in [7, 11) is -3.49. The molecule has 0 atom stereocenters. The van der Waals surface area contributed by atoms with Gasteiger partial charge in [0.2, 0.25) is 10.0 Å². The van der Waals surface area contributed by atoms with Gasteiger partial charge in [-0.1, -0.05) is 60.7 Å². The van der Waals surface area contributed by atoms with Crippen LogP contribution >= 0.6 is 0 Å². The van der Waals surface area contributed by atoms with Gasteiger partial charge >= 0.3 is 0 Å². The third-order valence-electron chi connectivity index (χ3n) is 5.64. The van der Waals surface area contributed by atoms with Gasteiger partial charge in [0.1, 0.15) is 0 Å². The van der Waals surface area contributed by atoms with Gasteiger partial charge in [-0.15, -0.1) is 0 Å². The Balaban J connectivity index is 1.53. The predicted octanol–water partition coefficient (Wildman–Crippen LogP) is 5.68. The van der Waals surface area contributed by atoms with E-state index in [-0.39, 0.29) is 12.5 Å². The molecule has 0 spiro atoms. The van der Waals surface area contributed by atoms with Gasteiger partial charge in [0.05, 0.1) is 18.5 Å². The summed E-state index contributed by atoms with van der Waals surface area (Å²) in [4.78, 5) is 12.7. The Morgan fingerprint density at radius 3 is 2.09 bits per heavy atom. The third kappa shape index (κ3) is 5.07. The molecule has 0 unspecified atom stereocenters. The molecular weight excluding hydrogens is 432 g/mol. The highest BCUT2D eigenvalue weighted by atomic mass is 32.2. The molecule has 0 aromatic heterocycles. The van der Waals surface area contributed by atoms with Gasteiger partial charge in [0.25, 0.3) is 5.91 Å². The summed E-state index contributed by atoms with van der Waals surface area (Å²) in [5, 5.41) is 5.09. The Bertz CT molecular complexity index is 1410. The quantitative estimate of drug-likeness (QED) is 0.404. The number of sulfonamides is 1. The van der Waals surface area contributed by atoms with Crippen LogP contribution in [0.25, 0.3) is 10.8 Å². The SMILES string of the molecule is Cc1cccc(C)c1N(Cc1ccc(C(=O)Nc2ccc3ccccc3c2)cc1)S(C)(=O)=O. The van der Waals surface area contributed by atoms with E-state index in [0.29, 0.717) is 11.3 Å². The molecule has 1 N–H and O–H groups in total. The van der Waals surface area contributed by atoms with Crippen LogP contribution in [0.1, 0.15) is 27.0 Å². The van der Waals surface area contributed by atoms with E-state index in [1.54, 1.807) is 24.3 Å². The van der Waals surface area contributed by atoms with Gasteiger partial charge in [-0.2, -0.15) is 0 Å². The first-order valence-corrected chi connectivity index (χ1v) is 12.5. The van der Waals surface area contributed by atoms with Crippen molar-refractivity contribution in [3.63, 3.8) is 0 Å². The number of hydrogen-bond acceptors (Lipinski definition) is 3. The van der Waals surface area contributed by atoms with Gasteiger partial charge in [-0.3, -0.25) is 9.10 Å². The molecule has 168 valence electrons. The summed E-state index contributed by atoms with van der Waals surface area (Å²) in [5.74, 6) is -0.216. The van der Waals surface area contributed by atoms with Gasteiger partial charge in [0.15, 0.2) is 0 Å². The van der Waals surface area contributed by atoms with E-state index in [9.17, 15) is 13.2 Å². The summed E-state index contributed by atoms with van der Waals surface area (Å²) in [6.07, 6.45) is 1.21. The van der Waals surface area contributed by atoms with Crippen molar-refractivity contribution in [2.45, 2.75) is 20.4 Å². The van der Waals surface area contributed by atoms with Crippen LogP contribution in [-0.4, -0.2) is 20.6 Å². The first-order valence-electron chi connectivity index (χ1n) is 10.7. The van der Waals surface area contributed by atoms with Crippen molar-refractivity contribution in [3.05, 3.63) is 107 Å². The fourth-order valence-electron chi connectivity index (χ4n) is 3.96. The lowest BCUT2D eigenvalue weighted by molar-refractivity contribution is 0.102. The monoisotopic (exact) mass is 458 g/mol. The van der Waals surface area contributed by atoms with Crippen LogP contribution in [0.3, 0.4) is 0 Å². The van der Waals surface area contributed by atoms with E-state index >= 15 is 0 Å². The molecule has 4 aromatic carbocycles. The van der Waals surface area contributed by atoms with Crippen LogP contribution in [0.4, 0.5) is 11.4 Å². The topological polar surface area (TPSA) is 66.5 Å². The Morgan fingerprint density at radius 2 is 1.45 bits per heavy atom. The number of para-hydroxylation sites is 1. The lowest BCUT2D eigenvalue weighted by Crippen LogP contribution is -2.30. The molecule has 0 fully saturated rings. The summed E-state index contributed by atoms with van der Waals surface area (Å²) in [5.41, 5.74) is 4.51. The number of nitrogens with zero attached hydrogens (tertiary/aromatic N) is 1. The zero-order valence-corrected chi connectivity index (χ0v) is 19.7. The lowest BCUT2D eigenvalue weighted by atomic mass is 10.1. The second-order valence-corrected chi connectivity index (χ2v) is 10.1. The summed E-state index contributed by atoms with van der Waals surface area (Å²) < 4.78 is 26.6. The molecule has 0 aliphatic rings. The van der Waals surface area contributed by atoms with Crippen molar-refractivity contribution in [2.75, 3.05) is 15.9 Å². The molecule has 0 heterocycles. The minimum absolute atomic E-state index is 0.192. The summed E-state index contributed by atoms with van der Waals surface area (Å²) >= 11 is 0. The molecule has 5 nitrogen and oxygen atoms in total. The van der Waals surface area contributed by atoms with E-state index in [1.807, 2.05) is 74.5 Å². The van der Waals surface area contributed by atoms with Crippen molar-refractivity contribution in [1.82, 2.24) is 0 Å². The Kier molecular flexibility index (Phi) is 6.20. The highest BCUT2D eigenvalue weighted by Crippen LogP contribution is 2.28. The van der Waals surface area contributed by atoms with Crippen LogP contribution in [0.2, 0.25) is 0 Å². The maximum Gasteiger partial charge on any atom is 0.255 e. The number of anilines is 2. The van der Waals surface area contributed by atoms with E-state index in [4.69, 9.17) is 0 Å². The Morgan fingerprint density at radius 1 is 0.818 bits per heavy atom. The van der Waals surface area contributed by atoms with Crippen molar-refractivity contribution < 1.29 is 13.2 Å². The largest absolute Gasteiger partial charge is 0.322 e. The first-order chi connectivity index (χ1) is 15.7. The molecule has 6 heteroatoms. The summed E-state index contributed by atoms with van der Waals surface area (Å²) in [6.45, 7) is 4.00. The fraction of sp³-hybridized carbons (Fsp3) is 0.148. The number of hydrogen-bond donors (Lipinski definition) is 1. The van der Waals surface area contributed by atoms with Crippen LogP contribution in [0.5, 0.6) is 0 Å². The van der Waals surface area contributed by atoms with Crippen molar-refractivity contribution >= 4 is 38.1 Å². The van der Waals surface area contributed by atoms with Gasteiger partial charge < -0.3 is 5.32 Å². The number of fused-ring (bicyclic) bond motifs is 1. The van der Waals surface area contributed by atoms with Crippen molar-refractivity contribution in [3.8, 4) is 0 Å². The maximum atomic E-state index is 12.7. The zero-order chi connectivity index (χ0) is 23.6. The average molecular weight is 459 g/mol. The molecule has 0 radical (unpaired) electrons. The maximum absolute atomic E-state index is 12.7. The molecule has 0 bridgehead atoms. The zero-order valence-electron chi connectivity index (χ0n) is 18.9. The molecule has 0 aliphatic heterocycles. The fourth-order valence-corrected chi connectivity index (χ4v) is 4.96. The summed E-state index contributed by atoms with van der Waals surface area (Å²) in [6, 6.07) is 26.5. The molecule has 1 amide bonds. The van der Waals surface area contributed by atoms with Crippen LogP contribution in [0, 0.1) is 13.8 Å². The Labute approximate surface area is 194 Å². The smallest absolute Gasteiger partial charge is 0.255 e. The third-order valence-corrected chi connectivity index (χ3v) is 6.75. The van der Waals surface area contributed by atoms with Gasteiger partial charge in [-0.05, 0) is 65.6 Å². The number of carbonyl (C=O) groups is 1. The second kappa shape index (κ2) is 9.08. The molecule has 0 aliphatic carbocycles. The number of carbonyl (C=O) groups excluding carboxylic acids is 1. The minimum atomic E-state index is -3.49. The van der Waals surface area contributed by atoms with Gasteiger partial charge in [-0.25, -0.2) is 8.42 Å². The van der Waals surface area contributed by atoms with E-state index in [1.165, 1.54) is 10.6 Å². The first kappa shape index (κ1) is 22.6.